The lowest BCUT2D eigenvalue weighted by Gasteiger charge is -2.22. The highest BCUT2D eigenvalue weighted by atomic mass is 32.1. The first kappa shape index (κ1) is 13.7. The first-order valence-electron chi connectivity index (χ1n) is 7.35. The van der Waals surface area contributed by atoms with Gasteiger partial charge in [-0.1, -0.05) is 13.0 Å². The summed E-state index contributed by atoms with van der Waals surface area (Å²) in [6.07, 6.45) is 4.51. The van der Waals surface area contributed by atoms with Crippen LogP contribution in [0.3, 0.4) is 0 Å². The van der Waals surface area contributed by atoms with Gasteiger partial charge in [0.1, 0.15) is 12.4 Å². The number of thiophene rings is 1. The van der Waals surface area contributed by atoms with Crippen molar-refractivity contribution in [2.24, 2.45) is 5.73 Å². The lowest BCUT2D eigenvalue weighted by molar-refractivity contribution is 0.309. The van der Waals surface area contributed by atoms with Gasteiger partial charge in [0, 0.05) is 15.8 Å². The maximum absolute atomic E-state index is 6.14. The molecule has 3 rings (SSSR count). The number of rotatable bonds is 4. The molecule has 1 heterocycles. The summed E-state index contributed by atoms with van der Waals surface area (Å²) in [5.74, 6) is 0.962. The molecule has 0 saturated heterocycles. The summed E-state index contributed by atoms with van der Waals surface area (Å²) in [6.45, 7) is 2.85. The van der Waals surface area contributed by atoms with E-state index in [-0.39, 0.29) is 6.04 Å². The Balaban J connectivity index is 1.68. The number of ether oxygens (including phenoxy) is 1. The van der Waals surface area contributed by atoms with Crippen molar-refractivity contribution < 1.29 is 4.74 Å². The van der Waals surface area contributed by atoms with Crippen LogP contribution < -0.4 is 10.5 Å². The number of fused-ring (bicyclic) bond motifs is 1. The van der Waals surface area contributed by atoms with E-state index in [9.17, 15) is 0 Å². The summed E-state index contributed by atoms with van der Waals surface area (Å²) in [6, 6.07) is 10.9. The number of hydrogen-bond donors (Lipinski definition) is 1. The van der Waals surface area contributed by atoms with E-state index in [0.29, 0.717) is 6.61 Å². The van der Waals surface area contributed by atoms with Gasteiger partial charge in [-0.3, -0.25) is 0 Å². The Morgan fingerprint density at radius 1 is 1.25 bits per heavy atom. The summed E-state index contributed by atoms with van der Waals surface area (Å²) in [5.41, 5.74) is 8.80. The van der Waals surface area contributed by atoms with Gasteiger partial charge in [-0.2, -0.15) is 0 Å². The fourth-order valence-corrected chi connectivity index (χ4v) is 3.63. The Morgan fingerprint density at radius 3 is 2.90 bits per heavy atom. The number of aryl methyl sites for hydroxylation is 2. The average Bonchev–Trinajstić information content (AvgIpc) is 2.93. The predicted octanol–water partition coefficient (Wildman–Crippen LogP) is 4.23. The first-order chi connectivity index (χ1) is 9.76. The molecular weight excluding hydrogens is 266 g/mol. The SMILES string of the molecule is CCc1ccc(COc2ccc3c(c2)CCCC3N)s1. The van der Waals surface area contributed by atoms with Crippen molar-refractivity contribution in [2.45, 2.75) is 45.3 Å². The molecular formula is C17H21NOS. The van der Waals surface area contributed by atoms with Crippen LogP contribution in [-0.4, -0.2) is 0 Å². The average molecular weight is 287 g/mol. The summed E-state index contributed by atoms with van der Waals surface area (Å²) in [5, 5.41) is 0. The van der Waals surface area contributed by atoms with E-state index in [0.717, 1.165) is 25.0 Å². The van der Waals surface area contributed by atoms with E-state index < -0.39 is 0 Å². The van der Waals surface area contributed by atoms with E-state index in [1.807, 2.05) is 11.3 Å². The van der Waals surface area contributed by atoms with Gasteiger partial charge in [0.05, 0.1) is 0 Å². The Morgan fingerprint density at radius 2 is 2.10 bits per heavy atom. The zero-order chi connectivity index (χ0) is 13.9. The molecule has 1 aromatic carbocycles. The lowest BCUT2D eigenvalue weighted by atomic mass is 9.88. The van der Waals surface area contributed by atoms with Crippen LogP contribution in [0.1, 0.15) is 46.7 Å². The van der Waals surface area contributed by atoms with E-state index in [2.05, 4.69) is 37.3 Å². The maximum Gasteiger partial charge on any atom is 0.122 e. The molecule has 2 N–H and O–H groups in total. The van der Waals surface area contributed by atoms with Gasteiger partial charge >= 0.3 is 0 Å². The minimum Gasteiger partial charge on any atom is -0.488 e. The standard InChI is InChI=1S/C17H21NOS/c1-2-14-7-8-15(20-14)11-19-13-6-9-16-12(10-13)4-3-5-17(16)18/h6-10,17H,2-5,11,18H2,1H3. The van der Waals surface area contributed by atoms with Crippen LogP contribution in [0.15, 0.2) is 30.3 Å². The molecule has 0 amide bonds. The highest BCUT2D eigenvalue weighted by molar-refractivity contribution is 7.11. The molecule has 0 fully saturated rings. The summed E-state index contributed by atoms with van der Waals surface area (Å²) >= 11 is 1.84. The van der Waals surface area contributed by atoms with Gasteiger partial charge in [-0.25, -0.2) is 0 Å². The molecule has 20 heavy (non-hydrogen) atoms. The Hall–Kier alpha value is -1.32. The summed E-state index contributed by atoms with van der Waals surface area (Å²) in [4.78, 5) is 2.70. The third kappa shape index (κ3) is 2.89. The molecule has 0 bridgehead atoms. The van der Waals surface area contributed by atoms with Crippen LogP contribution in [0.2, 0.25) is 0 Å². The van der Waals surface area contributed by atoms with Crippen molar-refractivity contribution in [3.05, 3.63) is 51.2 Å². The lowest BCUT2D eigenvalue weighted by Crippen LogP contribution is -2.17. The van der Waals surface area contributed by atoms with Gasteiger partial charge in [0.2, 0.25) is 0 Å². The molecule has 0 spiro atoms. The van der Waals surface area contributed by atoms with Crippen molar-refractivity contribution in [1.29, 1.82) is 0 Å². The van der Waals surface area contributed by atoms with Crippen LogP contribution in [0, 0.1) is 0 Å². The smallest absolute Gasteiger partial charge is 0.122 e. The topological polar surface area (TPSA) is 35.2 Å². The summed E-state index contributed by atoms with van der Waals surface area (Å²) in [7, 11) is 0. The molecule has 0 radical (unpaired) electrons. The van der Waals surface area contributed by atoms with Crippen molar-refractivity contribution in [2.75, 3.05) is 0 Å². The Labute approximate surface area is 124 Å². The fourth-order valence-electron chi connectivity index (χ4n) is 2.76. The zero-order valence-corrected chi connectivity index (χ0v) is 12.7. The minimum atomic E-state index is 0.206. The number of nitrogens with two attached hydrogens (primary N) is 1. The van der Waals surface area contributed by atoms with Gasteiger partial charge in [-0.05, 0) is 61.1 Å². The molecule has 1 aliphatic rings. The monoisotopic (exact) mass is 287 g/mol. The second-order valence-corrected chi connectivity index (χ2v) is 6.62. The van der Waals surface area contributed by atoms with Crippen molar-refractivity contribution >= 4 is 11.3 Å². The molecule has 1 atom stereocenters. The largest absolute Gasteiger partial charge is 0.488 e. The van der Waals surface area contributed by atoms with Crippen LogP contribution in [0.25, 0.3) is 0 Å². The molecule has 2 nitrogen and oxygen atoms in total. The van der Waals surface area contributed by atoms with Crippen molar-refractivity contribution in [3.63, 3.8) is 0 Å². The molecule has 1 unspecified atom stereocenters. The summed E-state index contributed by atoms with van der Waals surface area (Å²) < 4.78 is 5.92. The second kappa shape index (κ2) is 5.98. The zero-order valence-electron chi connectivity index (χ0n) is 11.9. The van der Waals surface area contributed by atoms with Gasteiger partial charge in [-0.15, -0.1) is 11.3 Å². The maximum atomic E-state index is 6.14. The molecule has 106 valence electrons. The van der Waals surface area contributed by atoms with Gasteiger partial charge in [0.15, 0.2) is 0 Å². The first-order valence-corrected chi connectivity index (χ1v) is 8.16. The molecule has 2 aromatic rings. The number of benzene rings is 1. The molecule has 1 aromatic heterocycles. The van der Waals surface area contributed by atoms with Crippen molar-refractivity contribution in [1.82, 2.24) is 0 Å². The van der Waals surface area contributed by atoms with Crippen LogP contribution >= 0.6 is 11.3 Å². The molecule has 0 aliphatic heterocycles. The quantitative estimate of drug-likeness (QED) is 0.913. The van der Waals surface area contributed by atoms with E-state index in [4.69, 9.17) is 10.5 Å². The Kier molecular flexibility index (Phi) is 4.08. The Bertz CT molecular complexity index is 590. The highest BCUT2D eigenvalue weighted by Gasteiger charge is 2.17. The van der Waals surface area contributed by atoms with Crippen molar-refractivity contribution in [3.8, 4) is 5.75 Å². The fraction of sp³-hybridized carbons (Fsp3) is 0.412. The molecule has 3 heteroatoms. The third-order valence-corrected chi connectivity index (χ3v) is 5.13. The van der Waals surface area contributed by atoms with Gasteiger partial charge < -0.3 is 10.5 Å². The number of hydrogen-bond acceptors (Lipinski definition) is 3. The van der Waals surface area contributed by atoms with E-state index >= 15 is 0 Å². The minimum absolute atomic E-state index is 0.206. The van der Waals surface area contributed by atoms with Crippen LogP contribution in [-0.2, 0) is 19.4 Å². The van der Waals surface area contributed by atoms with Crippen LogP contribution in [0.4, 0.5) is 0 Å². The van der Waals surface area contributed by atoms with E-state index in [1.54, 1.807) is 0 Å². The third-order valence-electron chi connectivity index (χ3n) is 3.92. The van der Waals surface area contributed by atoms with E-state index in [1.165, 1.54) is 27.3 Å². The normalized spacial score (nSPS) is 17.8. The predicted molar refractivity (Wildman–Crippen MR) is 84.3 cm³/mol. The van der Waals surface area contributed by atoms with Crippen LogP contribution in [0.5, 0.6) is 5.75 Å². The molecule has 1 aliphatic carbocycles. The molecule has 0 saturated carbocycles. The van der Waals surface area contributed by atoms with Gasteiger partial charge in [0.25, 0.3) is 0 Å². The second-order valence-electron chi connectivity index (χ2n) is 5.37. The highest BCUT2D eigenvalue weighted by Crippen LogP contribution is 2.31.